The average molecular weight is 340 g/mol. The van der Waals surface area contributed by atoms with Gasteiger partial charge in [-0.1, -0.05) is 22.0 Å². The van der Waals surface area contributed by atoms with Crippen molar-refractivity contribution in [3.05, 3.63) is 33.8 Å². The summed E-state index contributed by atoms with van der Waals surface area (Å²) in [7, 11) is 0. The highest BCUT2D eigenvalue weighted by Gasteiger charge is 2.38. The number of amides is 1. The maximum Gasteiger partial charge on any atom is 0.309 e. The average Bonchev–Trinajstić information content (AvgIpc) is 2.41. The topological polar surface area (TPSA) is 57.6 Å². The van der Waals surface area contributed by atoms with E-state index < -0.39 is 11.4 Å². The van der Waals surface area contributed by atoms with Crippen LogP contribution in [0.2, 0.25) is 0 Å². The first kappa shape index (κ1) is 15.0. The molecule has 0 unspecified atom stereocenters. The van der Waals surface area contributed by atoms with Crippen LogP contribution < -0.4 is 0 Å². The second-order valence-electron chi connectivity index (χ2n) is 5.62. The van der Waals surface area contributed by atoms with Gasteiger partial charge in [0.15, 0.2) is 0 Å². The molecule has 1 aliphatic heterocycles. The second kappa shape index (κ2) is 5.56. The summed E-state index contributed by atoms with van der Waals surface area (Å²) < 4.78 is 0.874. The summed E-state index contributed by atoms with van der Waals surface area (Å²) in [5.74, 6) is -0.792. The van der Waals surface area contributed by atoms with Crippen LogP contribution in [0.1, 0.15) is 35.7 Å². The molecule has 1 heterocycles. The van der Waals surface area contributed by atoms with Gasteiger partial charge in [-0.2, -0.15) is 0 Å². The van der Waals surface area contributed by atoms with E-state index in [1.54, 1.807) is 11.8 Å². The number of benzene rings is 1. The Hall–Kier alpha value is -1.36. The zero-order valence-electron chi connectivity index (χ0n) is 11.6. The molecule has 1 aromatic rings. The van der Waals surface area contributed by atoms with Crippen molar-refractivity contribution in [2.75, 3.05) is 13.1 Å². The highest BCUT2D eigenvalue weighted by molar-refractivity contribution is 9.10. The zero-order chi connectivity index (χ0) is 14.9. The van der Waals surface area contributed by atoms with Crippen molar-refractivity contribution in [3.8, 4) is 0 Å². The third-order valence-corrected chi connectivity index (χ3v) is 4.59. The Labute approximate surface area is 126 Å². The molecule has 4 nitrogen and oxygen atoms in total. The van der Waals surface area contributed by atoms with E-state index in [9.17, 15) is 14.7 Å². The van der Waals surface area contributed by atoms with Crippen LogP contribution in [0.5, 0.6) is 0 Å². The van der Waals surface area contributed by atoms with Gasteiger partial charge in [-0.3, -0.25) is 9.59 Å². The summed E-state index contributed by atoms with van der Waals surface area (Å²) in [6.07, 6.45) is 1.00. The van der Waals surface area contributed by atoms with Gasteiger partial charge in [0.2, 0.25) is 0 Å². The van der Waals surface area contributed by atoms with Gasteiger partial charge in [-0.25, -0.2) is 0 Å². The molecule has 1 aliphatic rings. The number of aliphatic carboxylic acids is 1. The van der Waals surface area contributed by atoms with Gasteiger partial charge in [0.05, 0.1) is 5.41 Å². The van der Waals surface area contributed by atoms with Crippen molar-refractivity contribution in [2.45, 2.75) is 26.7 Å². The van der Waals surface area contributed by atoms with Crippen LogP contribution in [0.25, 0.3) is 0 Å². The maximum atomic E-state index is 12.5. The van der Waals surface area contributed by atoms with Gasteiger partial charge in [-0.15, -0.1) is 0 Å². The van der Waals surface area contributed by atoms with Gasteiger partial charge < -0.3 is 10.0 Å². The Kier molecular flexibility index (Phi) is 4.18. The van der Waals surface area contributed by atoms with Gasteiger partial charge >= 0.3 is 5.97 Å². The molecule has 0 atom stereocenters. The van der Waals surface area contributed by atoms with Crippen LogP contribution in [-0.2, 0) is 4.79 Å². The second-order valence-corrected chi connectivity index (χ2v) is 6.53. The molecule has 0 aliphatic carbocycles. The summed E-state index contributed by atoms with van der Waals surface area (Å²) in [5, 5.41) is 9.21. The number of halogens is 1. The Morgan fingerprint density at radius 3 is 2.45 bits per heavy atom. The predicted octanol–water partition coefficient (Wildman–Crippen LogP) is 3.08. The standard InChI is InChI=1S/C15H18BrNO3/c1-10-3-4-11(16)9-12(10)13(18)17-7-5-15(2,6-8-17)14(19)20/h3-4,9H,5-8H2,1-2H3,(H,19,20). The van der Waals surface area contributed by atoms with E-state index in [1.165, 1.54) is 0 Å². The summed E-state index contributed by atoms with van der Waals surface area (Å²) in [6.45, 7) is 4.65. The molecule has 20 heavy (non-hydrogen) atoms. The minimum absolute atomic E-state index is 0.0174. The fourth-order valence-corrected chi connectivity index (χ4v) is 2.77. The molecule has 5 heteroatoms. The first-order chi connectivity index (χ1) is 9.33. The number of piperidine rings is 1. The molecule has 0 aromatic heterocycles. The van der Waals surface area contributed by atoms with E-state index in [2.05, 4.69) is 15.9 Å². The predicted molar refractivity (Wildman–Crippen MR) is 79.8 cm³/mol. The van der Waals surface area contributed by atoms with E-state index in [-0.39, 0.29) is 5.91 Å². The number of hydrogen-bond donors (Lipinski definition) is 1. The first-order valence-electron chi connectivity index (χ1n) is 6.62. The highest BCUT2D eigenvalue weighted by atomic mass is 79.9. The molecule has 108 valence electrons. The van der Waals surface area contributed by atoms with Crippen molar-refractivity contribution in [3.63, 3.8) is 0 Å². The van der Waals surface area contributed by atoms with Crippen LogP contribution in [0.4, 0.5) is 0 Å². The van der Waals surface area contributed by atoms with Crippen LogP contribution in [0.3, 0.4) is 0 Å². The summed E-state index contributed by atoms with van der Waals surface area (Å²) in [6, 6.07) is 5.63. The number of aryl methyl sites for hydroxylation is 1. The first-order valence-corrected chi connectivity index (χ1v) is 7.42. The maximum absolute atomic E-state index is 12.5. The van der Waals surface area contributed by atoms with Crippen LogP contribution in [0, 0.1) is 12.3 Å². The number of rotatable bonds is 2. The molecule has 0 radical (unpaired) electrons. The number of likely N-dealkylation sites (tertiary alicyclic amines) is 1. The largest absolute Gasteiger partial charge is 0.481 e. The molecule has 1 amide bonds. The molecular weight excluding hydrogens is 322 g/mol. The summed E-state index contributed by atoms with van der Waals surface area (Å²) in [4.78, 5) is 25.5. The number of hydrogen-bond acceptors (Lipinski definition) is 2. The van der Waals surface area contributed by atoms with Crippen LogP contribution >= 0.6 is 15.9 Å². The SMILES string of the molecule is Cc1ccc(Br)cc1C(=O)N1CCC(C)(C(=O)O)CC1. The van der Waals surface area contributed by atoms with Gasteiger partial charge in [-0.05, 0) is 44.4 Å². The van der Waals surface area contributed by atoms with Crippen molar-refractivity contribution in [2.24, 2.45) is 5.41 Å². The fourth-order valence-electron chi connectivity index (χ4n) is 2.41. The van der Waals surface area contributed by atoms with E-state index in [4.69, 9.17) is 0 Å². The quantitative estimate of drug-likeness (QED) is 0.900. The lowest BCUT2D eigenvalue weighted by atomic mass is 9.80. The van der Waals surface area contributed by atoms with E-state index >= 15 is 0 Å². The molecule has 1 aromatic carbocycles. The normalized spacial score (nSPS) is 17.9. The number of nitrogens with zero attached hydrogens (tertiary/aromatic N) is 1. The third-order valence-electron chi connectivity index (χ3n) is 4.10. The number of carbonyl (C=O) groups excluding carboxylic acids is 1. The third kappa shape index (κ3) is 2.87. The Bertz CT molecular complexity index is 548. The Morgan fingerprint density at radius 1 is 1.30 bits per heavy atom. The molecule has 1 N–H and O–H groups in total. The molecular formula is C15H18BrNO3. The highest BCUT2D eigenvalue weighted by Crippen LogP contribution is 2.32. The minimum atomic E-state index is -0.775. The van der Waals surface area contributed by atoms with Crippen molar-refractivity contribution >= 4 is 27.8 Å². The lowest BCUT2D eigenvalue weighted by Gasteiger charge is -2.36. The Morgan fingerprint density at radius 2 is 1.90 bits per heavy atom. The lowest BCUT2D eigenvalue weighted by molar-refractivity contribution is -0.150. The molecule has 0 bridgehead atoms. The molecule has 0 saturated carbocycles. The van der Waals surface area contributed by atoms with E-state index in [0.717, 1.165) is 10.0 Å². The molecule has 1 fully saturated rings. The van der Waals surface area contributed by atoms with Crippen molar-refractivity contribution < 1.29 is 14.7 Å². The van der Waals surface area contributed by atoms with Crippen molar-refractivity contribution in [1.29, 1.82) is 0 Å². The zero-order valence-corrected chi connectivity index (χ0v) is 13.2. The van der Waals surface area contributed by atoms with Crippen LogP contribution in [-0.4, -0.2) is 35.0 Å². The molecule has 0 spiro atoms. The monoisotopic (exact) mass is 339 g/mol. The smallest absolute Gasteiger partial charge is 0.309 e. The number of carboxylic acids is 1. The van der Waals surface area contributed by atoms with E-state index in [1.807, 2.05) is 25.1 Å². The van der Waals surface area contributed by atoms with E-state index in [0.29, 0.717) is 31.5 Å². The molecule has 1 saturated heterocycles. The fraction of sp³-hybridized carbons (Fsp3) is 0.467. The van der Waals surface area contributed by atoms with Gasteiger partial charge in [0, 0.05) is 23.1 Å². The van der Waals surface area contributed by atoms with Gasteiger partial charge in [0.1, 0.15) is 0 Å². The summed E-state index contributed by atoms with van der Waals surface area (Å²) >= 11 is 3.38. The summed E-state index contributed by atoms with van der Waals surface area (Å²) in [5.41, 5.74) is 0.909. The lowest BCUT2D eigenvalue weighted by Crippen LogP contribution is -2.45. The van der Waals surface area contributed by atoms with Crippen molar-refractivity contribution in [1.82, 2.24) is 4.90 Å². The van der Waals surface area contributed by atoms with Gasteiger partial charge in [0.25, 0.3) is 5.91 Å². The Balaban J connectivity index is 2.13. The number of carboxylic acid groups (broad SMARTS) is 1. The minimum Gasteiger partial charge on any atom is -0.481 e. The molecule has 2 rings (SSSR count). The number of carbonyl (C=O) groups is 2. The van der Waals surface area contributed by atoms with Crippen LogP contribution in [0.15, 0.2) is 22.7 Å².